The number of nitrogens with one attached hydrogen (secondary N) is 2. The van der Waals surface area contributed by atoms with Crippen LogP contribution in [0.3, 0.4) is 0 Å². The smallest absolute Gasteiger partial charge is 0.404 e. The second kappa shape index (κ2) is 17.2. The van der Waals surface area contributed by atoms with Gasteiger partial charge in [-0.05, 0) is 35.9 Å². The Bertz CT molecular complexity index is 1150. The van der Waals surface area contributed by atoms with E-state index in [4.69, 9.17) is 25.1 Å². The molecule has 0 aliphatic heterocycles. The minimum Gasteiger partial charge on any atom is -0.465 e. The van der Waals surface area contributed by atoms with Crippen molar-refractivity contribution in [2.45, 2.75) is 38.9 Å². The van der Waals surface area contributed by atoms with Gasteiger partial charge in [-0.15, -0.1) is 0 Å². The number of hydrogen-bond donors (Lipinski definition) is 4. The average Bonchev–Trinajstić information content (AvgIpc) is 3.55. The summed E-state index contributed by atoms with van der Waals surface area (Å²) in [5.74, 6) is 0.0204. The summed E-state index contributed by atoms with van der Waals surface area (Å²) in [6.07, 6.45) is 7.09. The number of aryl methyl sites for hydroxylation is 1. The Kier molecular flexibility index (Phi) is 13.3. The van der Waals surface area contributed by atoms with Crippen molar-refractivity contribution in [1.29, 1.82) is 0 Å². The zero-order valence-corrected chi connectivity index (χ0v) is 22.3. The molecule has 39 heavy (non-hydrogen) atoms. The summed E-state index contributed by atoms with van der Waals surface area (Å²) in [4.78, 5) is 26.9. The maximum absolute atomic E-state index is 12.0. The summed E-state index contributed by atoms with van der Waals surface area (Å²) >= 11 is 0. The van der Waals surface area contributed by atoms with Crippen LogP contribution in [0.25, 0.3) is 10.9 Å². The van der Waals surface area contributed by atoms with E-state index in [2.05, 4.69) is 61.4 Å². The minimum absolute atomic E-state index is 0.0204. The number of nitrogens with two attached hydrogens (primary N) is 1. The van der Waals surface area contributed by atoms with Gasteiger partial charge in [-0.2, -0.15) is 0 Å². The van der Waals surface area contributed by atoms with Crippen molar-refractivity contribution < 1.29 is 28.9 Å². The average molecular weight is 545 g/mol. The first-order valence-electron chi connectivity index (χ1n) is 13.3. The maximum atomic E-state index is 12.0. The molecule has 12 heteroatoms. The molecule has 0 aliphatic rings. The van der Waals surface area contributed by atoms with Crippen LogP contribution in [0.1, 0.15) is 30.5 Å². The molecule has 2 heterocycles. The van der Waals surface area contributed by atoms with E-state index in [9.17, 15) is 9.59 Å². The molecule has 0 saturated heterocycles. The van der Waals surface area contributed by atoms with E-state index in [1.807, 2.05) is 6.33 Å². The molecule has 0 fully saturated rings. The van der Waals surface area contributed by atoms with Crippen molar-refractivity contribution in [2.75, 3.05) is 52.7 Å². The number of nitrogens with zero attached hydrogens (tertiary/aromatic N) is 3. The zero-order valence-electron chi connectivity index (χ0n) is 22.3. The van der Waals surface area contributed by atoms with Gasteiger partial charge >= 0.3 is 6.09 Å². The third kappa shape index (κ3) is 11.4. The second-order valence-electron chi connectivity index (χ2n) is 9.02. The number of benzene rings is 1. The topological polar surface area (TPSA) is 155 Å². The highest BCUT2D eigenvalue weighted by Crippen LogP contribution is 2.18. The van der Waals surface area contributed by atoms with Crippen LogP contribution in [0.4, 0.5) is 4.79 Å². The van der Waals surface area contributed by atoms with Gasteiger partial charge in [0, 0.05) is 50.5 Å². The molecule has 0 atom stereocenters. The van der Waals surface area contributed by atoms with Crippen LogP contribution in [-0.4, -0.2) is 84.0 Å². The molecule has 5 N–H and O–H groups in total. The summed E-state index contributed by atoms with van der Waals surface area (Å²) in [5, 5.41) is 14.7. The number of imidazole rings is 1. The van der Waals surface area contributed by atoms with E-state index >= 15 is 0 Å². The van der Waals surface area contributed by atoms with E-state index < -0.39 is 6.09 Å². The van der Waals surface area contributed by atoms with Crippen LogP contribution in [-0.2, 0) is 38.6 Å². The van der Waals surface area contributed by atoms with Crippen molar-refractivity contribution in [2.24, 2.45) is 5.73 Å². The standard InChI is InChI=1S/C27H40N6O6/c28-18-22-4-5-23-6-10-33(25(23)17-22)20-24-19-32(21-31-24)9-2-1-3-26(34)29-7-11-37-13-15-39-16-14-38-12-8-30-27(35)36/h4-6,10,17,19,21,30H,1-3,7-9,11-16,18,20,28H2,(H,29,34)(H,35,36). The molecule has 3 rings (SSSR count). The molecule has 2 aromatic heterocycles. The predicted octanol–water partition coefficient (Wildman–Crippen LogP) is 1.95. The highest BCUT2D eigenvalue weighted by Gasteiger charge is 2.06. The number of rotatable bonds is 20. The van der Waals surface area contributed by atoms with Gasteiger partial charge in [-0.3, -0.25) is 4.79 Å². The molecular weight excluding hydrogens is 504 g/mol. The number of carbonyl (C=O) groups excluding carboxylic acids is 1. The number of carboxylic acid groups (broad SMARTS) is 1. The van der Waals surface area contributed by atoms with Crippen molar-refractivity contribution in [3.8, 4) is 0 Å². The van der Waals surface area contributed by atoms with Crippen LogP contribution in [0, 0.1) is 0 Å². The molecule has 3 aromatic rings. The number of unbranched alkanes of at least 4 members (excludes halogenated alkanes) is 1. The molecular formula is C27H40N6O6. The number of ether oxygens (including phenoxy) is 3. The lowest BCUT2D eigenvalue weighted by Crippen LogP contribution is -2.27. The lowest BCUT2D eigenvalue weighted by Gasteiger charge is -2.08. The zero-order chi connectivity index (χ0) is 27.7. The van der Waals surface area contributed by atoms with Gasteiger partial charge in [0.1, 0.15) is 0 Å². The van der Waals surface area contributed by atoms with Crippen LogP contribution < -0.4 is 16.4 Å². The Morgan fingerprint density at radius 3 is 2.38 bits per heavy atom. The fourth-order valence-corrected chi connectivity index (χ4v) is 3.98. The van der Waals surface area contributed by atoms with E-state index in [0.717, 1.165) is 36.2 Å². The fourth-order valence-electron chi connectivity index (χ4n) is 3.98. The van der Waals surface area contributed by atoms with E-state index in [0.29, 0.717) is 65.7 Å². The first-order valence-corrected chi connectivity index (χ1v) is 13.3. The number of hydrogen-bond acceptors (Lipinski definition) is 7. The summed E-state index contributed by atoms with van der Waals surface area (Å²) < 4.78 is 20.3. The number of amides is 2. The number of aromatic nitrogens is 3. The minimum atomic E-state index is -1.07. The van der Waals surface area contributed by atoms with E-state index in [-0.39, 0.29) is 12.5 Å². The second-order valence-corrected chi connectivity index (χ2v) is 9.02. The van der Waals surface area contributed by atoms with Crippen LogP contribution >= 0.6 is 0 Å². The molecule has 0 aliphatic carbocycles. The molecule has 12 nitrogen and oxygen atoms in total. The maximum Gasteiger partial charge on any atom is 0.404 e. The van der Waals surface area contributed by atoms with Crippen molar-refractivity contribution in [3.63, 3.8) is 0 Å². The molecule has 214 valence electrons. The van der Waals surface area contributed by atoms with Crippen molar-refractivity contribution >= 4 is 22.9 Å². The van der Waals surface area contributed by atoms with Crippen molar-refractivity contribution in [3.05, 3.63) is 54.2 Å². The Hall–Kier alpha value is -3.45. The first-order chi connectivity index (χ1) is 19.0. The summed E-state index contributed by atoms with van der Waals surface area (Å²) in [6.45, 7) is 5.14. The van der Waals surface area contributed by atoms with Gasteiger partial charge in [-0.25, -0.2) is 9.78 Å². The van der Waals surface area contributed by atoms with Crippen LogP contribution in [0.5, 0.6) is 0 Å². The van der Waals surface area contributed by atoms with Gasteiger partial charge in [0.2, 0.25) is 5.91 Å². The monoisotopic (exact) mass is 544 g/mol. The van der Waals surface area contributed by atoms with E-state index in [1.54, 1.807) is 0 Å². The summed E-state index contributed by atoms with van der Waals surface area (Å²) in [7, 11) is 0. The third-order valence-corrected chi connectivity index (χ3v) is 6.00. The van der Waals surface area contributed by atoms with Crippen molar-refractivity contribution in [1.82, 2.24) is 24.8 Å². The summed E-state index contributed by atoms with van der Waals surface area (Å²) in [6, 6.07) is 8.39. The van der Waals surface area contributed by atoms with Crippen LogP contribution in [0.15, 0.2) is 43.0 Å². The lowest BCUT2D eigenvalue weighted by molar-refractivity contribution is -0.121. The number of carbonyl (C=O) groups is 2. The summed E-state index contributed by atoms with van der Waals surface area (Å²) in [5.41, 5.74) is 9.05. The van der Waals surface area contributed by atoms with E-state index in [1.165, 1.54) is 5.39 Å². The highest BCUT2D eigenvalue weighted by atomic mass is 16.5. The number of fused-ring (bicyclic) bond motifs is 1. The Morgan fingerprint density at radius 2 is 1.67 bits per heavy atom. The first kappa shape index (κ1) is 30.1. The molecule has 2 amide bonds. The lowest BCUT2D eigenvalue weighted by atomic mass is 10.1. The molecule has 0 bridgehead atoms. The fraction of sp³-hybridized carbons (Fsp3) is 0.519. The molecule has 1 aromatic carbocycles. The Balaban J connectivity index is 1.17. The predicted molar refractivity (Wildman–Crippen MR) is 147 cm³/mol. The van der Waals surface area contributed by atoms with Gasteiger partial charge in [-0.1, -0.05) is 12.1 Å². The van der Waals surface area contributed by atoms with Gasteiger partial charge < -0.3 is 44.8 Å². The molecule has 0 spiro atoms. The Labute approximate surface area is 228 Å². The largest absolute Gasteiger partial charge is 0.465 e. The molecule has 0 unspecified atom stereocenters. The third-order valence-electron chi connectivity index (χ3n) is 6.00. The highest BCUT2D eigenvalue weighted by molar-refractivity contribution is 5.81. The van der Waals surface area contributed by atoms with Crippen LogP contribution in [0.2, 0.25) is 0 Å². The SMILES string of the molecule is NCc1ccc2ccn(Cc3cn(CCCCC(=O)NCCOCCOCCOCCNC(=O)O)cn3)c2c1. The Morgan fingerprint density at radius 1 is 0.949 bits per heavy atom. The molecule has 0 radical (unpaired) electrons. The van der Waals surface area contributed by atoms with Gasteiger partial charge in [0.15, 0.2) is 0 Å². The van der Waals surface area contributed by atoms with Gasteiger partial charge in [0.05, 0.1) is 58.2 Å². The quantitative estimate of drug-likeness (QED) is 0.157. The normalized spacial score (nSPS) is 11.2. The molecule has 0 saturated carbocycles. The van der Waals surface area contributed by atoms with Gasteiger partial charge in [0.25, 0.3) is 0 Å².